The Morgan fingerprint density at radius 2 is 2.21 bits per heavy atom. The second-order valence-corrected chi connectivity index (χ2v) is 5.44. The molecule has 1 saturated heterocycles. The van der Waals surface area contributed by atoms with E-state index in [9.17, 15) is 0 Å². The molecule has 2 nitrogen and oxygen atoms in total. The lowest BCUT2D eigenvalue weighted by Gasteiger charge is -2.46. The second-order valence-electron chi connectivity index (χ2n) is 5.44. The summed E-state index contributed by atoms with van der Waals surface area (Å²) < 4.78 is 0. The standard InChI is InChI=1S/C12H22N2/c1-12(2)9-14(10-12)8-5-11-3-6-13-7-4-11/h3,13H,4-10H2,1-2H3. The van der Waals surface area contributed by atoms with E-state index in [1.165, 1.54) is 39.0 Å². The maximum atomic E-state index is 3.35. The normalized spacial score (nSPS) is 26.9. The summed E-state index contributed by atoms with van der Waals surface area (Å²) in [5.41, 5.74) is 2.25. The Hall–Kier alpha value is -0.340. The summed E-state index contributed by atoms with van der Waals surface area (Å²) in [6.07, 6.45) is 4.92. The third-order valence-corrected chi connectivity index (χ3v) is 3.21. The van der Waals surface area contributed by atoms with Crippen LogP contribution in [-0.2, 0) is 0 Å². The van der Waals surface area contributed by atoms with E-state index in [2.05, 4.69) is 30.1 Å². The Kier molecular flexibility index (Phi) is 2.93. The van der Waals surface area contributed by atoms with E-state index < -0.39 is 0 Å². The summed E-state index contributed by atoms with van der Waals surface area (Å²) in [5.74, 6) is 0. The summed E-state index contributed by atoms with van der Waals surface area (Å²) >= 11 is 0. The molecule has 0 aliphatic carbocycles. The SMILES string of the molecule is CC1(C)CN(CCC2=CCNCC2)C1. The summed E-state index contributed by atoms with van der Waals surface area (Å²) in [5, 5.41) is 3.35. The Labute approximate surface area is 87.4 Å². The first kappa shape index (κ1) is 10.2. The molecule has 0 aromatic rings. The van der Waals surface area contributed by atoms with Crippen LogP contribution in [0.3, 0.4) is 0 Å². The Morgan fingerprint density at radius 3 is 2.79 bits per heavy atom. The minimum atomic E-state index is 0.586. The molecule has 2 rings (SSSR count). The van der Waals surface area contributed by atoms with E-state index in [1.54, 1.807) is 5.57 Å². The molecule has 80 valence electrons. The number of nitrogens with zero attached hydrogens (tertiary/aromatic N) is 1. The van der Waals surface area contributed by atoms with Gasteiger partial charge in [0.1, 0.15) is 0 Å². The van der Waals surface area contributed by atoms with Crippen molar-refractivity contribution in [2.75, 3.05) is 32.7 Å². The molecular formula is C12H22N2. The van der Waals surface area contributed by atoms with Gasteiger partial charge in [-0.3, -0.25) is 0 Å². The largest absolute Gasteiger partial charge is 0.313 e. The zero-order chi connectivity index (χ0) is 10.0. The van der Waals surface area contributed by atoms with Crippen LogP contribution in [0.15, 0.2) is 11.6 Å². The molecule has 0 spiro atoms. The van der Waals surface area contributed by atoms with Crippen molar-refractivity contribution in [3.05, 3.63) is 11.6 Å². The Bertz CT molecular complexity index is 222. The molecule has 0 aromatic carbocycles. The topological polar surface area (TPSA) is 15.3 Å². The highest BCUT2D eigenvalue weighted by Crippen LogP contribution is 2.29. The van der Waals surface area contributed by atoms with Gasteiger partial charge in [0, 0.05) is 26.2 Å². The molecule has 2 heterocycles. The first-order valence-electron chi connectivity index (χ1n) is 5.77. The van der Waals surface area contributed by atoms with Gasteiger partial charge in [-0.2, -0.15) is 0 Å². The molecule has 2 aliphatic heterocycles. The van der Waals surface area contributed by atoms with Crippen LogP contribution in [0.4, 0.5) is 0 Å². The molecule has 0 radical (unpaired) electrons. The molecule has 2 aliphatic rings. The van der Waals surface area contributed by atoms with Crippen LogP contribution in [0.25, 0.3) is 0 Å². The minimum absolute atomic E-state index is 0.586. The number of hydrogen-bond acceptors (Lipinski definition) is 2. The zero-order valence-electron chi connectivity index (χ0n) is 9.47. The van der Waals surface area contributed by atoms with Gasteiger partial charge in [0.2, 0.25) is 0 Å². The lowest BCUT2D eigenvalue weighted by Crippen LogP contribution is -2.53. The van der Waals surface area contributed by atoms with Gasteiger partial charge in [-0.15, -0.1) is 0 Å². The molecule has 0 saturated carbocycles. The van der Waals surface area contributed by atoms with Crippen molar-refractivity contribution in [2.45, 2.75) is 26.7 Å². The highest BCUT2D eigenvalue weighted by Gasteiger charge is 2.33. The Morgan fingerprint density at radius 1 is 1.43 bits per heavy atom. The van der Waals surface area contributed by atoms with Crippen molar-refractivity contribution in [1.29, 1.82) is 0 Å². The molecule has 0 amide bonds. The summed E-state index contributed by atoms with van der Waals surface area (Å²) in [6.45, 7) is 10.8. The van der Waals surface area contributed by atoms with E-state index in [-0.39, 0.29) is 0 Å². The van der Waals surface area contributed by atoms with Crippen LogP contribution in [0.1, 0.15) is 26.7 Å². The maximum absolute atomic E-state index is 3.35. The van der Waals surface area contributed by atoms with Crippen LogP contribution in [0.2, 0.25) is 0 Å². The molecule has 2 heteroatoms. The van der Waals surface area contributed by atoms with Crippen LogP contribution in [0, 0.1) is 5.41 Å². The second kappa shape index (κ2) is 4.03. The van der Waals surface area contributed by atoms with Crippen molar-refractivity contribution in [1.82, 2.24) is 10.2 Å². The summed E-state index contributed by atoms with van der Waals surface area (Å²) in [6, 6.07) is 0. The average Bonchev–Trinajstić information content (AvgIpc) is 2.13. The van der Waals surface area contributed by atoms with Crippen molar-refractivity contribution in [2.24, 2.45) is 5.41 Å². The molecular weight excluding hydrogens is 172 g/mol. The molecule has 0 bridgehead atoms. The fourth-order valence-corrected chi connectivity index (χ4v) is 2.52. The molecule has 0 atom stereocenters. The van der Waals surface area contributed by atoms with Gasteiger partial charge in [0.15, 0.2) is 0 Å². The van der Waals surface area contributed by atoms with Crippen molar-refractivity contribution >= 4 is 0 Å². The van der Waals surface area contributed by atoms with Crippen LogP contribution in [0.5, 0.6) is 0 Å². The fraction of sp³-hybridized carbons (Fsp3) is 0.833. The van der Waals surface area contributed by atoms with Crippen molar-refractivity contribution in [3.8, 4) is 0 Å². The Balaban J connectivity index is 1.66. The van der Waals surface area contributed by atoms with Crippen molar-refractivity contribution < 1.29 is 0 Å². The lowest BCUT2D eigenvalue weighted by atomic mass is 9.84. The van der Waals surface area contributed by atoms with Gasteiger partial charge in [-0.25, -0.2) is 0 Å². The first-order chi connectivity index (χ1) is 6.66. The molecule has 1 N–H and O–H groups in total. The lowest BCUT2D eigenvalue weighted by molar-refractivity contribution is 0.0323. The maximum Gasteiger partial charge on any atom is 0.0137 e. The van der Waals surface area contributed by atoms with Crippen molar-refractivity contribution in [3.63, 3.8) is 0 Å². The molecule has 0 unspecified atom stereocenters. The number of nitrogens with one attached hydrogen (secondary N) is 1. The van der Waals surface area contributed by atoms with Gasteiger partial charge in [-0.1, -0.05) is 25.5 Å². The van der Waals surface area contributed by atoms with Gasteiger partial charge in [0.25, 0.3) is 0 Å². The molecule has 0 aromatic heterocycles. The van der Waals surface area contributed by atoms with Crippen LogP contribution < -0.4 is 5.32 Å². The highest BCUT2D eigenvalue weighted by atomic mass is 15.2. The van der Waals surface area contributed by atoms with Gasteiger partial charge >= 0.3 is 0 Å². The minimum Gasteiger partial charge on any atom is -0.313 e. The highest BCUT2D eigenvalue weighted by molar-refractivity contribution is 5.07. The molecule has 14 heavy (non-hydrogen) atoms. The van der Waals surface area contributed by atoms with Gasteiger partial charge in [-0.05, 0) is 24.8 Å². The van der Waals surface area contributed by atoms with E-state index in [0.717, 1.165) is 6.54 Å². The van der Waals surface area contributed by atoms with E-state index in [0.29, 0.717) is 5.41 Å². The fourth-order valence-electron chi connectivity index (χ4n) is 2.52. The molecule has 1 fully saturated rings. The third kappa shape index (κ3) is 2.58. The van der Waals surface area contributed by atoms with Crippen LogP contribution in [-0.4, -0.2) is 37.6 Å². The predicted octanol–water partition coefficient (Wildman–Crippen LogP) is 1.64. The van der Waals surface area contributed by atoms with E-state index in [4.69, 9.17) is 0 Å². The zero-order valence-corrected chi connectivity index (χ0v) is 9.47. The van der Waals surface area contributed by atoms with Crippen LogP contribution >= 0.6 is 0 Å². The average molecular weight is 194 g/mol. The number of rotatable bonds is 3. The number of hydrogen-bond donors (Lipinski definition) is 1. The quantitative estimate of drug-likeness (QED) is 0.687. The monoisotopic (exact) mass is 194 g/mol. The van der Waals surface area contributed by atoms with E-state index >= 15 is 0 Å². The van der Waals surface area contributed by atoms with Gasteiger partial charge < -0.3 is 10.2 Å². The van der Waals surface area contributed by atoms with E-state index in [1.807, 2.05) is 0 Å². The summed E-state index contributed by atoms with van der Waals surface area (Å²) in [4.78, 5) is 2.57. The predicted molar refractivity (Wildman–Crippen MR) is 60.4 cm³/mol. The summed E-state index contributed by atoms with van der Waals surface area (Å²) in [7, 11) is 0. The number of likely N-dealkylation sites (tertiary alicyclic amines) is 1. The third-order valence-electron chi connectivity index (χ3n) is 3.21. The smallest absolute Gasteiger partial charge is 0.0137 e. The van der Waals surface area contributed by atoms with Gasteiger partial charge in [0.05, 0.1) is 0 Å². The first-order valence-corrected chi connectivity index (χ1v) is 5.77.